The fraction of sp³-hybridized carbons (Fsp3) is 0.462. The van der Waals surface area contributed by atoms with Gasteiger partial charge < -0.3 is 9.47 Å². The molecule has 2 aromatic rings. The Balaban J connectivity index is 1.63. The molecule has 0 spiro atoms. The fourth-order valence-electron chi connectivity index (χ4n) is 5.11. The molecule has 0 N–H and O–H groups in total. The van der Waals surface area contributed by atoms with Gasteiger partial charge in [0.25, 0.3) is 11.8 Å². The number of hydrogen-bond donors (Lipinski definition) is 0. The van der Waals surface area contributed by atoms with Crippen LogP contribution < -0.4 is 0 Å². The first kappa shape index (κ1) is 22.6. The van der Waals surface area contributed by atoms with Crippen LogP contribution in [0.3, 0.4) is 0 Å². The van der Waals surface area contributed by atoms with Crippen molar-refractivity contribution in [2.75, 3.05) is 26.3 Å². The average molecular weight is 437 g/mol. The van der Waals surface area contributed by atoms with Gasteiger partial charge in [-0.3, -0.25) is 19.4 Å². The number of ether oxygens (including phenoxy) is 2. The molecule has 2 amide bonds. The van der Waals surface area contributed by atoms with E-state index in [2.05, 4.69) is 24.0 Å². The number of nitrogens with zero attached hydrogens (tertiary/aromatic N) is 2. The lowest BCUT2D eigenvalue weighted by Gasteiger charge is -2.48. The zero-order valence-electron chi connectivity index (χ0n) is 19.1. The molecule has 6 heteroatoms. The lowest BCUT2D eigenvalue weighted by Crippen LogP contribution is -2.57. The molecule has 1 unspecified atom stereocenters. The normalized spacial score (nSPS) is 21.6. The monoisotopic (exact) mass is 436 g/mol. The SMILES string of the molecule is CCOC1(OCC)CCN(C(C)c2ccccc2)[C@@H](CN2C(=O)c3ccccc3C2=O)C1. The van der Waals surface area contributed by atoms with Gasteiger partial charge in [-0.2, -0.15) is 0 Å². The molecule has 0 bridgehead atoms. The zero-order chi connectivity index (χ0) is 22.7. The number of fused-ring (bicyclic) bond motifs is 1. The van der Waals surface area contributed by atoms with Gasteiger partial charge in [-0.05, 0) is 38.5 Å². The predicted molar refractivity (Wildman–Crippen MR) is 122 cm³/mol. The van der Waals surface area contributed by atoms with Gasteiger partial charge in [-0.1, -0.05) is 42.5 Å². The summed E-state index contributed by atoms with van der Waals surface area (Å²) in [6.07, 6.45) is 1.34. The molecule has 6 nitrogen and oxygen atoms in total. The molecular weight excluding hydrogens is 404 g/mol. The number of carbonyl (C=O) groups excluding carboxylic acids is 2. The maximum atomic E-state index is 13.1. The molecule has 2 atom stereocenters. The molecule has 170 valence electrons. The van der Waals surface area contributed by atoms with Crippen LogP contribution in [0.4, 0.5) is 0 Å². The van der Waals surface area contributed by atoms with Crippen molar-refractivity contribution in [3.05, 3.63) is 71.3 Å². The van der Waals surface area contributed by atoms with E-state index < -0.39 is 5.79 Å². The van der Waals surface area contributed by atoms with Crippen LogP contribution >= 0.6 is 0 Å². The van der Waals surface area contributed by atoms with E-state index in [0.29, 0.717) is 37.3 Å². The smallest absolute Gasteiger partial charge is 0.261 e. The zero-order valence-corrected chi connectivity index (χ0v) is 19.1. The molecule has 2 aliphatic rings. The third kappa shape index (κ3) is 4.22. The minimum absolute atomic E-state index is 0.0840. The van der Waals surface area contributed by atoms with Crippen molar-refractivity contribution < 1.29 is 19.1 Å². The van der Waals surface area contributed by atoms with Crippen molar-refractivity contribution >= 4 is 11.8 Å². The van der Waals surface area contributed by atoms with E-state index in [-0.39, 0.29) is 23.9 Å². The van der Waals surface area contributed by atoms with Gasteiger partial charge in [0.05, 0.1) is 11.1 Å². The molecule has 1 fully saturated rings. The number of benzene rings is 2. The summed E-state index contributed by atoms with van der Waals surface area (Å²) in [5.74, 6) is -1.14. The second-order valence-electron chi connectivity index (χ2n) is 8.48. The van der Waals surface area contributed by atoms with Gasteiger partial charge in [-0.25, -0.2) is 0 Å². The molecule has 2 heterocycles. The maximum Gasteiger partial charge on any atom is 0.261 e. The van der Waals surface area contributed by atoms with E-state index in [9.17, 15) is 9.59 Å². The third-order valence-corrected chi connectivity index (χ3v) is 6.63. The number of carbonyl (C=O) groups is 2. The van der Waals surface area contributed by atoms with Crippen molar-refractivity contribution in [3.63, 3.8) is 0 Å². The Labute approximate surface area is 190 Å². The van der Waals surface area contributed by atoms with Gasteiger partial charge in [-0.15, -0.1) is 0 Å². The number of rotatable bonds is 8. The summed E-state index contributed by atoms with van der Waals surface area (Å²) in [5, 5.41) is 0. The van der Waals surface area contributed by atoms with E-state index >= 15 is 0 Å². The Morgan fingerprint density at radius 2 is 1.50 bits per heavy atom. The van der Waals surface area contributed by atoms with E-state index in [1.807, 2.05) is 32.0 Å². The molecule has 4 rings (SSSR count). The molecule has 0 saturated carbocycles. The summed E-state index contributed by atoms with van der Waals surface area (Å²) in [6.45, 7) is 8.29. The van der Waals surface area contributed by atoms with Crippen LogP contribution in [0.2, 0.25) is 0 Å². The van der Waals surface area contributed by atoms with Crippen LogP contribution in [0, 0.1) is 0 Å². The van der Waals surface area contributed by atoms with Gasteiger partial charge in [0.1, 0.15) is 0 Å². The summed E-state index contributed by atoms with van der Waals surface area (Å²) >= 11 is 0. The summed E-state index contributed by atoms with van der Waals surface area (Å²) < 4.78 is 12.2. The minimum Gasteiger partial charge on any atom is -0.350 e. The molecule has 0 radical (unpaired) electrons. The lowest BCUT2D eigenvalue weighted by atomic mass is 9.92. The molecule has 2 aromatic carbocycles. The number of piperidine rings is 1. The average Bonchev–Trinajstić information content (AvgIpc) is 3.05. The number of amides is 2. The van der Waals surface area contributed by atoms with Crippen molar-refractivity contribution in [3.8, 4) is 0 Å². The van der Waals surface area contributed by atoms with Gasteiger partial charge >= 0.3 is 0 Å². The number of likely N-dealkylation sites (tertiary alicyclic amines) is 1. The van der Waals surface area contributed by atoms with E-state index in [4.69, 9.17) is 9.47 Å². The Morgan fingerprint density at radius 1 is 0.938 bits per heavy atom. The number of imide groups is 1. The molecule has 0 aliphatic carbocycles. The minimum atomic E-state index is -0.695. The molecule has 1 saturated heterocycles. The predicted octanol–water partition coefficient (Wildman–Crippen LogP) is 4.28. The summed E-state index contributed by atoms with van der Waals surface area (Å²) in [7, 11) is 0. The lowest BCUT2D eigenvalue weighted by molar-refractivity contribution is -0.263. The second kappa shape index (κ2) is 9.53. The van der Waals surface area contributed by atoms with Crippen LogP contribution in [0.25, 0.3) is 0 Å². The third-order valence-electron chi connectivity index (χ3n) is 6.63. The van der Waals surface area contributed by atoms with Crippen LogP contribution in [0.5, 0.6) is 0 Å². The Bertz CT molecular complexity index is 920. The van der Waals surface area contributed by atoms with E-state index in [1.54, 1.807) is 24.3 Å². The first-order chi connectivity index (χ1) is 15.5. The first-order valence-corrected chi connectivity index (χ1v) is 11.5. The fourth-order valence-corrected chi connectivity index (χ4v) is 5.11. The van der Waals surface area contributed by atoms with Crippen LogP contribution in [0.15, 0.2) is 54.6 Å². The Morgan fingerprint density at radius 3 is 2.06 bits per heavy atom. The highest BCUT2D eigenvalue weighted by atomic mass is 16.7. The summed E-state index contributed by atoms with van der Waals surface area (Å²) in [4.78, 5) is 29.9. The second-order valence-corrected chi connectivity index (χ2v) is 8.48. The maximum absolute atomic E-state index is 13.1. The Hall–Kier alpha value is -2.54. The molecule has 2 aliphatic heterocycles. The van der Waals surface area contributed by atoms with Gasteiger partial charge in [0.15, 0.2) is 5.79 Å². The van der Waals surface area contributed by atoms with Crippen LogP contribution in [-0.2, 0) is 9.47 Å². The Kier molecular flexibility index (Phi) is 6.74. The first-order valence-electron chi connectivity index (χ1n) is 11.5. The number of hydrogen-bond acceptors (Lipinski definition) is 5. The molecule has 0 aromatic heterocycles. The highest BCUT2D eigenvalue weighted by Gasteiger charge is 2.46. The summed E-state index contributed by atoms with van der Waals surface area (Å²) in [5.41, 5.74) is 2.17. The largest absolute Gasteiger partial charge is 0.350 e. The van der Waals surface area contributed by atoms with Crippen molar-refractivity contribution in [2.24, 2.45) is 0 Å². The van der Waals surface area contributed by atoms with Crippen LogP contribution in [0.1, 0.15) is 65.9 Å². The molecule has 32 heavy (non-hydrogen) atoms. The summed E-state index contributed by atoms with van der Waals surface area (Å²) in [6, 6.07) is 17.4. The van der Waals surface area contributed by atoms with Gasteiger partial charge in [0.2, 0.25) is 0 Å². The quantitative estimate of drug-likeness (QED) is 0.457. The molecular formula is C26H32N2O4. The standard InChI is InChI=1S/C26H32N2O4/c1-4-31-26(32-5-2)15-16-27(19(3)20-11-7-6-8-12-20)21(17-26)18-28-24(29)22-13-9-10-14-23(22)25(28)30/h6-14,19,21H,4-5,15-18H2,1-3H3/t19?,21-/m1/s1. The van der Waals surface area contributed by atoms with Gasteiger partial charge in [0, 0.05) is 51.2 Å². The van der Waals surface area contributed by atoms with E-state index in [0.717, 1.165) is 13.0 Å². The van der Waals surface area contributed by atoms with Crippen molar-refractivity contribution in [1.82, 2.24) is 9.80 Å². The van der Waals surface area contributed by atoms with Crippen LogP contribution in [-0.4, -0.2) is 59.7 Å². The van der Waals surface area contributed by atoms with Crippen molar-refractivity contribution in [1.29, 1.82) is 0 Å². The van der Waals surface area contributed by atoms with E-state index in [1.165, 1.54) is 10.5 Å². The topological polar surface area (TPSA) is 59.1 Å². The van der Waals surface area contributed by atoms with Crippen molar-refractivity contribution in [2.45, 2.75) is 51.5 Å². The highest BCUT2D eigenvalue weighted by molar-refractivity contribution is 6.21. The highest BCUT2D eigenvalue weighted by Crippen LogP contribution is 2.37.